The van der Waals surface area contributed by atoms with E-state index in [4.69, 9.17) is 23.2 Å². The molecule has 1 fully saturated rings. The van der Waals surface area contributed by atoms with Crippen molar-refractivity contribution in [3.05, 3.63) is 76.0 Å². The number of hydrogen-bond acceptors (Lipinski definition) is 3. The van der Waals surface area contributed by atoms with Crippen LogP contribution in [-0.2, 0) is 0 Å². The highest BCUT2D eigenvalue weighted by molar-refractivity contribution is 6.43. The average Bonchev–Trinajstić information content (AvgIpc) is 2.74. The molecule has 3 aromatic rings. The maximum absolute atomic E-state index is 13.0. The van der Waals surface area contributed by atoms with Gasteiger partial charge >= 0.3 is 0 Å². The molecular formula is C21H17Cl2N3O2. The van der Waals surface area contributed by atoms with Crippen LogP contribution in [0.5, 0.6) is 0 Å². The summed E-state index contributed by atoms with van der Waals surface area (Å²) in [4.78, 5) is 33.5. The quantitative estimate of drug-likeness (QED) is 0.634. The van der Waals surface area contributed by atoms with E-state index in [0.717, 1.165) is 10.8 Å². The van der Waals surface area contributed by atoms with Gasteiger partial charge in [0.25, 0.3) is 11.8 Å². The van der Waals surface area contributed by atoms with E-state index in [9.17, 15) is 9.59 Å². The van der Waals surface area contributed by atoms with Crippen molar-refractivity contribution in [1.29, 1.82) is 0 Å². The smallest absolute Gasteiger partial charge is 0.273 e. The summed E-state index contributed by atoms with van der Waals surface area (Å²) in [6, 6.07) is 14.6. The Balaban J connectivity index is 1.49. The predicted octanol–water partition coefficient (Wildman–Crippen LogP) is 4.14. The Morgan fingerprint density at radius 2 is 1.50 bits per heavy atom. The van der Waals surface area contributed by atoms with Crippen molar-refractivity contribution >= 4 is 45.8 Å². The Morgan fingerprint density at radius 3 is 2.25 bits per heavy atom. The molecule has 28 heavy (non-hydrogen) atoms. The van der Waals surface area contributed by atoms with Gasteiger partial charge < -0.3 is 9.80 Å². The summed E-state index contributed by atoms with van der Waals surface area (Å²) in [6.07, 6.45) is 1.65. The Hall–Kier alpha value is -2.63. The first kappa shape index (κ1) is 18.7. The third-order valence-corrected chi connectivity index (χ3v) is 5.73. The standard InChI is InChI=1S/C21H17Cl2N3O2/c22-17-7-3-6-16(18(17)23)20(27)25-10-12-26(13-11-25)21(28)19-15-5-2-1-4-14(15)8-9-24-19/h1-9H,10-13H2. The van der Waals surface area contributed by atoms with Crippen molar-refractivity contribution in [2.75, 3.05) is 26.2 Å². The van der Waals surface area contributed by atoms with E-state index < -0.39 is 0 Å². The molecule has 1 aromatic heterocycles. The summed E-state index contributed by atoms with van der Waals surface area (Å²) in [5.41, 5.74) is 0.820. The van der Waals surface area contributed by atoms with Crippen molar-refractivity contribution in [3.63, 3.8) is 0 Å². The van der Waals surface area contributed by atoms with E-state index in [-0.39, 0.29) is 16.8 Å². The first-order chi connectivity index (χ1) is 13.6. The van der Waals surface area contributed by atoms with E-state index in [0.29, 0.717) is 42.5 Å². The molecule has 0 atom stereocenters. The summed E-state index contributed by atoms with van der Waals surface area (Å²) < 4.78 is 0. The molecule has 0 saturated carbocycles. The Morgan fingerprint density at radius 1 is 0.821 bits per heavy atom. The second-order valence-corrected chi connectivity index (χ2v) is 7.35. The third-order valence-electron chi connectivity index (χ3n) is 4.91. The molecule has 2 heterocycles. The molecule has 1 saturated heterocycles. The Labute approximate surface area is 172 Å². The molecule has 2 amide bonds. The molecule has 2 aromatic carbocycles. The largest absolute Gasteiger partial charge is 0.335 e. The molecule has 0 N–H and O–H groups in total. The maximum atomic E-state index is 13.0. The van der Waals surface area contributed by atoms with Gasteiger partial charge in [0, 0.05) is 37.8 Å². The van der Waals surface area contributed by atoms with Crippen LogP contribution in [0, 0.1) is 0 Å². The highest BCUT2D eigenvalue weighted by Crippen LogP contribution is 2.27. The van der Waals surface area contributed by atoms with E-state index in [1.54, 1.807) is 34.2 Å². The minimum absolute atomic E-state index is 0.121. The molecule has 0 aliphatic carbocycles. The number of piperazine rings is 1. The van der Waals surface area contributed by atoms with Crippen molar-refractivity contribution in [2.45, 2.75) is 0 Å². The zero-order valence-electron chi connectivity index (χ0n) is 14.9. The topological polar surface area (TPSA) is 53.5 Å². The summed E-state index contributed by atoms with van der Waals surface area (Å²) >= 11 is 12.2. The molecule has 0 radical (unpaired) electrons. The van der Waals surface area contributed by atoms with E-state index in [1.807, 2.05) is 30.3 Å². The lowest BCUT2D eigenvalue weighted by molar-refractivity contribution is 0.0533. The van der Waals surface area contributed by atoms with E-state index in [1.165, 1.54) is 0 Å². The lowest BCUT2D eigenvalue weighted by Gasteiger charge is -2.35. The number of nitrogens with zero attached hydrogens (tertiary/aromatic N) is 3. The Kier molecular flexibility index (Phi) is 5.20. The molecular weight excluding hydrogens is 397 g/mol. The maximum Gasteiger partial charge on any atom is 0.273 e. The van der Waals surface area contributed by atoms with Crippen molar-refractivity contribution in [3.8, 4) is 0 Å². The monoisotopic (exact) mass is 413 g/mol. The summed E-state index contributed by atoms with van der Waals surface area (Å²) in [6.45, 7) is 1.73. The van der Waals surface area contributed by atoms with Crippen molar-refractivity contribution in [2.24, 2.45) is 0 Å². The van der Waals surface area contributed by atoms with Crippen LogP contribution >= 0.6 is 23.2 Å². The summed E-state index contributed by atoms with van der Waals surface area (Å²) in [5, 5.41) is 2.42. The fraction of sp³-hybridized carbons (Fsp3) is 0.190. The number of carbonyl (C=O) groups excluding carboxylic acids is 2. The highest BCUT2D eigenvalue weighted by Gasteiger charge is 2.28. The zero-order valence-corrected chi connectivity index (χ0v) is 16.5. The Bertz CT molecular complexity index is 1060. The van der Waals surface area contributed by atoms with Gasteiger partial charge in [-0.15, -0.1) is 0 Å². The third kappa shape index (κ3) is 3.43. The molecule has 4 rings (SSSR count). The number of fused-ring (bicyclic) bond motifs is 1. The molecule has 5 nitrogen and oxygen atoms in total. The lowest BCUT2D eigenvalue weighted by atomic mass is 10.1. The van der Waals surface area contributed by atoms with E-state index in [2.05, 4.69) is 4.98 Å². The minimum Gasteiger partial charge on any atom is -0.335 e. The first-order valence-corrected chi connectivity index (χ1v) is 9.68. The number of benzene rings is 2. The number of aromatic nitrogens is 1. The van der Waals surface area contributed by atoms with E-state index >= 15 is 0 Å². The molecule has 7 heteroatoms. The van der Waals surface area contributed by atoms with Gasteiger partial charge in [-0.05, 0) is 23.6 Å². The van der Waals surface area contributed by atoms with Crippen LogP contribution in [0.4, 0.5) is 0 Å². The van der Waals surface area contributed by atoms with Gasteiger partial charge in [0.1, 0.15) is 5.69 Å². The zero-order chi connectivity index (χ0) is 19.7. The lowest BCUT2D eigenvalue weighted by Crippen LogP contribution is -2.50. The number of rotatable bonds is 2. The molecule has 1 aliphatic rings. The number of carbonyl (C=O) groups is 2. The van der Waals surface area contributed by atoms with Gasteiger partial charge in [0.15, 0.2) is 0 Å². The molecule has 0 spiro atoms. The summed E-state index contributed by atoms with van der Waals surface area (Å²) in [5.74, 6) is -0.299. The SMILES string of the molecule is O=C(c1cccc(Cl)c1Cl)N1CCN(C(=O)c2nccc3ccccc23)CC1. The second-order valence-electron chi connectivity index (χ2n) is 6.57. The number of amides is 2. The fourth-order valence-corrected chi connectivity index (χ4v) is 3.77. The van der Waals surface area contributed by atoms with Gasteiger partial charge in [0.2, 0.25) is 0 Å². The second kappa shape index (κ2) is 7.78. The highest BCUT2D eigenvalue weighted by atomic mass is 35.5. The van der Waals surface area contributed by atoms with Crippen LogP contribution in [0.3, 0.4) is 0 Å². The normalized spacial score (nSPS) is 14.4. The number of pyridine rings is 1. The molecule has 142 valence electrons. The fourth-order valence-electron chi connectivity index (χ4n) is 3.39. The summed E-state index contributed by atoms with van der Waals surface area (Å²) in [7, 11) is 0. The molecule has 1 aliphatic heterocycles. The number of halogens is 2. The van der Waals surface area contributed by atoms with Crippen LogP contribution in [0.15, 0.2) is 54.7 Å². The van der Waals surface area contributed by atoms with Gasteiger partial charge in [0.05, 0.1) is 15.6 Å². The van der Waals surface area contributed by atoms with Gasteiger partial charge in [-0.25, -0.2) is 0 Å². The van der Waals surface area contributed by atoms with Gasteiger partial charge in [-0.2, -0.15) is 0 Å². The molecule has 0 unspecified atom stereocenters. The molecule has 0 bridgehead atoms. The van der Waals surface area contributed by atoms with Crippen molar-refractivity contribution < 1.29 is 9.59 Å². The van der Waals surface area contributed by atoms with Crippen LogP contribution in [0.25, 0.3) is 10.8 Å². The predicted molar refractivity (Wildman–Crippen MR) is 110 cm³/mol. The van der Waals surface area contributed by atoms with Crippen LogP contribution in [-0.4, -0.2) is 52.8 Å². The average molecular weight is 414 g/mol. The minimum atomic E-state index is -0.178. The number of hydrogen-bond donors (Lipinski definition) is 0. The van der Waals surface area contributed by atoms with Crippen LogP contribution < -0.4 is 0 Å². The van der Waals surface area contributed by atoms with Crippen LogP contribution in [0.2, 0.25) is 10.0 Å². The van der Waals surface area contributed by atoms with Crippen LogP contribution in [0.1, 0.15) is 20.8 Å². The van der Waals surface area contributed by atoms with Gasteiger partial charge in [-0.1, -0.05) is 53.5 Å². The first-order valence-electron chi connectivity index (χ1n) is 8.92. The van der Waals surface area contributed by atoms with Gasteiger partial charge in [-0.3, -0.25) is 14.6 Å². The van der Waals surface area contributed by atoms with Crippen molar-refractivity contribution in [1.82, 2.24) is 14.8 Å².